The first-order chi connectivity index (χ1) is 10.1. The summed E-state index contributed by atoms with van der Waals surface area (Å²) in [5.74, 6) is 1.62. The molecule has 3 N–H and O–H groups in total. The number of hydrogen-bond acceptors (Lipinski definition) is 3. The fourth-order valence-electron chi connectivity index (χ4n) is 2.50. The van der Waals surface area contributed by atoms with Gasteiger partial charge in [0, 0.05) is 12.5 Å². The molecule has 0 bridgehead atoms. The van der Waals surface area contributed by atoms with E-state index in [0.29, 0.717) is 29.5 Å². The predicted molar refractivity (Wildman–Crippen MR) is 81.8 cm³/mol. The maximum atomic E-state index is 14.1. The summed E-state index contributed by atoms with van der Waals surface area (Å²) in [4.78, 5) is 7.57. The minimum absolute atomic E-state index is 0.150. The van der Waals surface area contributed by atoms with Crippen molar-refractivity contribution in [2.45, 2.75) is 26.2 Å². The minimum atomic E-state index is -0.335. The van der Waals surface area contributed by atoms with Crippen molar-refractivity contribution in [2.24, 2.45) is 11.7 Å². The molecule has 1 aromatic carbocycles. The highest BCUT2D eigenvalue weighted by atomic mass is 19.1. The molecule has 0 amide bonds. The smallest absolute Gasteiger partial charge is 0.136 e. The van der Waals surface area contributed by atoms with Crippen LogP contribution in [-0.2, 0) is 0 Å². The lowest BCUT2D eigenvalue weighted by atomic mass is 9.97. The van der Waals surface area contributed by atoms with Crippen LogP contribution in [0.25, 0.3) is 11.3 Å². The zero-order valence-corrected chi connectivity index (χ0v) is 12.7. The number of nitrogens with one attached hydrogen (secondary N) is 1. The zero-order valence-electron chi connectivity index (χ0n) is 12.7. The van der Waals surface area contributed by atoms with Gasteiger partial charge in [-0.2, -0.15) is 0 Å². The summed E-state index contributed by atoms with van der Waals surface area (Å²) in [6.07, 6.45) is 2.58. The van der Waals surface area contributed by atoms with E-state index in [0.717, 1.165) is 12.2 Å². The zero-order chi connectivity index (χ0) is 15.4. The number of aromatic nitrogens is 2. The first-order valence-electron chi connectivity index (χ1n) is 7.14. The van der Waals surface area contributed by atoms with Crippen LogP contribution < -0.4 is 10.5 Å². The van der Waals surface area contributed by atoms with Crippen LogP contribution in [0.5, 0.6) is 5.75 Å². The number of benzene rings is 1. The van der Waals surface area contributed by atoms with Gasteiger partial charge in [0.25, 0.3) is 0 Å². The monoisotopic (exact) mass is 291 g/mol. The van der Waals surface area contributed by atoms with Gasteiger partial charge in [-0.15, -0.1) is 0 Å². The van der Waals surface area contributed by atoms with E-state index >= 15 is 0 Å². The maximum Gasteiger partial charge on any atom is 0.136 e. The van der Waals surface area contributed by atoms with Crippen molar-refractivity contribution in [1.29, 1.82) is 0 Å². The van der Waals surface area contributed by atoms with E-state index in [1.54, 1.807) is 18.3 Å². The second-order valence-electron chi connectivity index (χ2n) is 5.56. The minimum Gasteiger partial charge on any atom is -0.496 e. The molecule has 5 heteroatoms. The molecule has 114 valence electrons. The Bertz CT molecular complexity index is 595. The highest BCUT2D eigenvalue weighted by Gasteiger charge is 2.18. The fraction of sp³-hybridized carbons (Fsp3) is 0.438. The van der Waals surface area contributed by atoms with Crippen molar-refractivity contribution in [2.75, 3.05) is 13.7 Å². The molecule has 0 radical (unpaired) electrons. The molecule has 21 heavy (non-hydrogen) atoms. The molecule has 1 atom stereocenters. The molecule has 0 aliphatic rings. The first kappa shape index (κ1) is 15.5. The topological polar surface area (TPSA) is 63.9 Å². The second kappa shape index (κ2) is 6.72. The summed E-state index contributed by atoms with van der Waals surface area (Å²) in [6.45, 7) is 4.80. The van der Waals surface area contributed by atoms with Gasteiger partial charge in [0.05, 0.1) is 24.6 Å². The lowest BCUT2D eigenvalue weighted by Gasteiger charge is -2.14. The Kier molecular flexibility index (Phi) is 4.96. The highest BCUT2D eigenvalue weighted by molar-refractivity contribution is 5.67. The summed E-state index contributed by atoms with van der Waals surface area (Å²) < 4.78 is 19.3. The molecule has 1 unspecified atom stereocenters. The Hall–Kier alpha value is -1.88. The molecule has 0 spiro atoms. The first-order valence-corrected chi connectivity index (χ1v) is 7.14. The molecule has 4 nitrogen and oxygen atoms in total. The van der Waals surface area contributed by atoms with Gasteiger partial charge in [-0.3, -0.25) is 0 Å². The van der Waals surface area contributed by atoms with Gasteiger partial charge < -0.3 is 15.5 Å². The average molecular weight is 291 g/mol. The highest BCUT2D eigenvalue weighted by Crippen LogP contribution is 2.32. The van der Waals surface area contributed by atoms with E-state index in [4.69, 9.17) is 10.5 Å². The SMILES string of the molecule is COc1cccc(F)c1-c1cnc(C(CN)CC(C)C)[nH]1. The van der Waals surface area contributed by atoms with Crippen LogP contribution in [0.15, 0.2) is 24.4 Å². The molecule has 0 saturated heterocycles. The summed E-state index contributed by atoms with van der Waals surface area (Å²) in [5, 5.41) is 0. The molecule has 2 rings (SSSR count). The second-order valence-corrected chi connectivity index (χ2v) is 5.56. The van der Waals surface area contributed by atoms with Gasteiger partial charge in [-0.1, -0.05) is 19.9 Å². The van der Waals surface area contributed by atoms with Crippen LogP contribution >= 0.6 is 0 Å². The number of H-pyrrole nitrogens is 1. The summed E-state index contributed by atoms with van der Waals surface area (Å²) in [6, 6.07) is 4.76. The van der Waals surface area contributed by atoms with Crippen LogP contribution in [0.3, 0.4) is 0 Å². The molecule has 1 aromatic heterocycles. The molecule has 0 fully saturated rings. The number of halogens is 1. The van der Waals surface area contributed by atoms with Gasteiger partial charge in [-0.25, -0.2) is 9.37 Å². The van der Waals surface area contributed by atoms with Gasteiger partial charge in [0.15, 0.2) is 0 Å². The van der Waals surface area contributed by atoms with Crippen molar-refractivity contribution >= 4 is 0 Å². The molecule has 1 heterocycles. The van der Waals surface area contributed by atoms with Crippen LogP contribution in [0.2, 0.25) is 0 Å². The van der Waals surface area contributed by atoms with Crippen LogP contribution in [0, 0.1) is 11.7 Å². The standard InChI is InChI=1S/C16H22FN3O/c1-10(2)7-11(8-18)16-19-9-13(20-16)15-12(17)5-4-6-14(15)21-3/h4-6,9-11H,7-8,18H2,1-3H3,(H,19,20). The lowest BCUT2D eigenvalue weighted by molar-refractivity contribution is 0.413. The van der Waals surface area contributed by atoms with Gasteiger partial charge in [0.1, 0.15) is 17.4 Å². The van der Waals surface area contributed by atoms with E-state index in [1.165, 1.54) is 13.2 Å². The third-order valence-corrected chi connectivity index (χ3v) is 3.49. The third-order valence-electron chi connectivity index (χ3n) is 3.49. The van der Waals surface area contributed by atoms with Crippen molar-refractivity contribution in [3.8, 4) is 17.0 Å². The summed E-state index contributed by atoms with van der Waals surface area (Å²) in [5.41, 5.74) is 6.84. The number of ether oxygens (including phenoxy) is 1. The lowest BCUT2D eigenvalue weighted by Crippen LogP contribution is -2.16. The largest absolute Gasteiger partial charge is 0.496 e. The Labute approximate surface area is 124 Å². The van der Waals surface area contributed by atoms with Crippen LogP contribution in [-0.4, -0.2) is 23.6 Å². The molecule has 0 aliphatic heterocycles. The number of rotatable bonds is 6. The Morgan fingerprint density at radius 3 is 2.76 bits per heavy atom. The molecule has 2 aromatic rings. The molecular weight excluding hydrogens is 269 g/mol. The van der Waals surface area contributed by atoms with E-state index in [2.05, 4.69) is 23.8 Å². The maximum absolute atomic E-state index is 14.1. The van der Waals surface area contributed by atoms with Crippen molar-refractivity contribution in [3.63, 3.8) is 0 Å². The van der Waals surface area contributed by atoms with Crippen LogP contribution in [0.4, 0.5) is 4.39 Å². The number of hydrogen-bond donors (Lipinski definition) is 2. The molecule has 0 saturated carbocycles. The van der Waals surface area contributed by atoms with Crippen molar-refractivity contribution in [3.05, 3.63) is 36.0 Å². The number of methoxy groups -OCH3 is 1. The number of imidazole rings is 1. The number of nitrogens with zero attached hydrogens (tertiary/aromatic N) is 1. The van der Waals surface area contributed by atoms with Gasteiger partial charge in [0.2, 0.25) is 0 Å². The normalized spacial score (nSPS) is 12.7. The Morgan fingerprint density at radius 2 is 2.14 bits per heavy atom. The Balaban J connectivity index is 2.36. The summed E-state index contributed by atoms with van der Waals surface area (Å²) in [7, 11) is 1.52. The molecular formula is C16H22FN3O. The number of aromatic amines is 1. The third kappa shape index (κ3) is 3.42. The van der Waals surface area contributed by atoms with E-state index < -0.39 is 0 Å². The van der Waals surface area contributed by atoms with Gasteiger partial charge >= 0.3 is 0 Å². The summed E-state index contributed by atoms with van der Waals surface area (Å²) >= 11 is 0. The van der Waals surface area contributed by atoms with Crippen molar-refractivity contribution < 1.29 is 9.13 Å². The van der Waals surface area contributed by atoms with E-state index in [-0.39, 0.29) is 11.7 Å². The number of nitrogens with two attached hydrogens (primary N) is 1. The quantitative estimate of drug-likeness (QED) is 0.858. The predicted octanol–water partition coefficient (Wildman–Crippen LogP) is 3.31. The average Bonchev–Trinajstić information content (AvgIpc) is 2.93. The Morgan fingerprint density at radius 1 is 1.38 bits per heavy atom. The van der Waals surface area contributed by atoms with Crippen LogP contribution in [0.1, 0.15) is 32.0 Å². The fourth-order valence-corrected chi connectivity index (χ4v) is 2.50. The van der Waals surface area contributed by atoms with Crippen molar-refractivity contribution in [1.82, 2.24) is 9.97 Å². The van der Waals surface area contributed by atoms with E-state index in [1.807, 2.05) is 0 Å². The van der Waals surface area contributed by atoms with Gasteiger partial charge in [-0.05, 0) is 24.5 Å². The van der Waals surface area contributed by atoms with E-state index in [9.17, 15) is 4.39 Å². The molecule has 0 aliphatic carbocycles.